The molecule has 0 fully saturated rings. The van der Waals surface area contributed by atoms with Crippen molar-refractivity contribution < 1.29 is 9.53 Å². The van der Waals surface area contributed by atoms with E-state index in [2.05, 4.69) is 34.8 Å². The van der Waals surface area contributed by atoms with Crippen LogP contribution < -0.4 is 15.5 Å². The maximum atomic E-state index is 13.4. The molecule has 1 amide bonds. The monoisotopic (exact) mass is 451 g/mol. The standard InChI is InChI=1S/C24H29N5O2S/c1-5-7-20-26-27-24-29(20)28-21(17-9-12-19(13-10-17)31-6-2)22(32-24)23(30)25-18-11-8-15(3)16(4)14-18/h8-14,21-22,28H,5-7H2,1-4H3,(H,25,30)/t21-,22-/m0/s1. The molecule has 1 aliphatic rings. The zero-order chi connectivity index (χ0) is 22.7. The second-order valence-electron chi connectivity index (χ2n) is 7.92. The van der Waals surface area contributed by atoms with E-state index in [1.54, 1.807) is 0 Å². The Morgan fingerprint density at radius 3 is 2.59 bits per heavy atom. The molecule has 0 bridgehead atoms. The average molecular weight is 452 g/mol. The van der Waals surface area contributed by atoms with Gasteiger partial charge in [-0.1, -0.05) is 36.9 Å². The molecule has 0 spiro atoms. The fourth-order valence-corrected chi connectivity index (χ4v) is 4.80. The summed E-state index contributed by atoms with van der Waals surface area (Å²) < 4.78 is 7.51. The summed E-state index contributed by atoms with van der Waals surface area (Å²) in [7, 11) is 0. The predicted octanol–water partition coefficient (Wildman–Crippen LogP) is 4.64. The molecule has 32 heavy (non-hydrogen) atoms. The van der Waals surface area contributed by atoms with Crippen molar-refractivity contribution >= 4 is 23.4 Å². The van der Waals surface area contributed by atoms with Crippen LogP contribution in [0, 0.1) is 13.8 Å². The van der Waals surface area contributed by atoms with Gasteiger partial charge in [-0.15, -0.1) is 10.2 Å². The number of ether oxygens (including phenoxy) is 1. The molecular formula is C24H29N5O2S. The van der Waals surface area contributed by atoms with Crippen molar-refractivity contribution in [3.05, 3.63) is 65.0 Å². The van der Waals surface area contributed by atoms with E-state index in [4.69, 9.17) is 4.74 Å². The fourth-order valence-electron chi connectivity index (χ4n) is 3.70. The van der Waals surface area contributed by atoms with Crippen molar-refractivity contribution in [1.29, 1.82) is 0 Å². The highest BCUT2D eigenvalue weighted by atomic mass is 32.2. The number of carbonyl (C=O) groups is 1. The molecule has 3 aromatic rings. The lowest BCUT2D eigenvalue weighted by Gasteiger charge is -2.33. The number of fused-ring (bicyclic) bond motifs is 1. The number of thioether (sulfide) groups is 1. The number of nitrogens with zero attached hydrogens (tertiary/aromatic N) is 3. The van der Waals surface area contributed by atoms with Crippen molar-refractivity contribution in [3.63, 3.8) is 0 Å². The Morgan fingerprint density at radius 2 is 1.91 bits per heavy atom. The number of aromatic nitrogens is 3. The van der Waals surface area contributed by atoms with Crippen LogP contribution >= 0.6 is 11.8 Å². The molecule has 2 N–H and O–H groups in total. The zero-order valence-electron chi connectivity index (χ0n) is 18.9. The first-order chi connectivity index (χ1) is 15.5. The van der Waals surface area contributed by atoms with Crippen molar-refractivity contribution in [1.82, 2.24) is 14.9 Å². The van der Waals surface area contributed by atoms with Crippen LogP contribution in [0.1, 0.15) is 48.8 Å². The summed E-state index contributed by atoms with van der Waals surface area (Å²) in [5, 5.41) is 12.0. The minimum absolute atomic E-state index is 0.0732. The van der Waals surface area contributed by atoms with Crippen LogP contribution in [0.2, 0.25) is 0 Å². The summed E-state index contributed by atoms with van der Waals surface area (Å²) in [4.78, 5) is 13.4. The van der Waals surface area contributed by atoms with Crippen LogP contribution in [0.15, 0.2) is 47.6 Å². The molecule has 0 radical (unpaired) electrons. The van der Waals surface area contributed by atoms with Crippen molar-refractivity contribution in [3.8, 4) is 5.75 Å². The van der Waals surface area contributed by atoms with Crippen LogP contribution in [-0.4, -0.2) is 32.6 Å². The van der Waals surface area contributed by atoms with Crippen molar-refractivity contribution in [2.24, 2.45) is 0 Å². The molecule has 4 rings (SSSR count). The Labute approximate surface area is 192 Å². The van der Waals surface area contributed by atoms with Crippen LogP contribution in [0.5, 0.6) is 5.75 Å². The third-order valence-corrected chi connectivity index (χ3v) is 6.78. The molecule has 2 heterocycles. The lowest BCUT2D eigenvalue weighted by Crippen LogP contribution is -2.41. The molecular weight excluding hydrogens is 422 g/mol. The number of benzene rings is 2. The van der Waals surface area contributed by atoms with Gasteiger partial charge in [0.25, 0.3) is 0 Å². The van der Waals surface area contributed by atoms with Gasteiger partial charge in [-0.05, 0) is 68.1 Å². The number of aryl methyl sites for hydroxylation is 3. The van der Waals surface area contributed by atoms with Gasteiger partial charge in [0.15, 0.2) is 5.82 Å². The minimum atomic E-state index is -0.416. The summed E-state index contributed by atoms with van der Waals surface area (Å²) in [6.07, 6.45) is 1.78. The highest BCUT2D eigenvalue weighted by Crippen LogP contribution is 2.38. The van der Waals surface area contributed by atoms with Gasteiger partial charge < -0.3 is 15.5 Å². The Morgan fingerprint density at radius 1 is 1.12 bits per heavy atom. The second-order valence-corrected chi connectivity index (χ2v) is 9.03. The van der Waals surface area contributed by atoms with Gasteiger partial charge in [0.1, 0.15) is 11.0 Å². The van der Waals surface area contributed by atoms with E-state index in [9.17, 15) is 4.79 Å². The van der Waals surface area contributed by atoms with Crippen LogP contribution in [0.25, 0.3) is 0 Å². The van der Waals surface area contributed by atoms with Crippen molar-refractivity contribution in [2.45, 2.75) is 57.0 Å². The van der Waals surface area contributed by atoms with Gasteiger partial charge in [-0.25, -0.2) is 4.68 Å². The molecule has 7 nitrogen and oxygen atoms in total. The van der Waals surface area contributed by atoms with Gasteiger partial charge in [-0.3, -0.25) is 4.79 Å². The predicted molar refractivity (Wildman–Crippen MR) is 128 cm³/mol. The van der Waals surface area contributed by atoms with Gasteiger partial charge in [0.05, 0.1) is 12.6 Å². The number of hydrogen-bond donors (Lipinski definition) is 2. The second kappa shape index (κ2) is 9.65. The summed E-state index contributed by atoms with van der Waals surface area (Å²) in [5.41, 5.74) is 7.64. The third kappa shape index (κ3) is 4.60. The van der Waals surface area contributed by atoms with Crippen molar-refractivity contribution in [2.75, 3.05) is 17.3 Å². The molecule has 2 aromatic carbocycles. The SMILES string of the molecule is CCCc1nnc2n1N[C@@H](c1ccc(OCC)cc1)[C@@H](C(=O)Nc1ccc(C)c(C)c1)S2. The van der Waals surface area contributed by atoms with Crippen LogP contribution in [0.4, 0.5) is 5.69 Å². The molecule has 2 atom stereocenters. The topological polar surface area (TPSA) is 81.1 Å². The highest BCUT2D eigenvalue weighted by Gasteiger charge is 2.37. The number of amides is 1. The zero-order valence-corrected chi connectivity index (χ0v) is 19.7. The van der Waals surface area contributed by atoms with Gasteiger partial charge >= 0.3 is 0 Å². The molecule has 0 aliphatic carbocycles. The van der Waals surface area contributed by atoms with E-state index < -0.39 is 5.25 Å². The molecule has 0 saturated heterocycles. The average Bonchev–Trinajstić information content (AvgIpc) is 3.18. The molecule has 8 heteroatoms. The van der Waals surface area contributed by atoms with Crippen LogP contribution in [-0.2, 0) is 11.2 Å². The number of anilines is 1. The molecule has 168 valence electrons. The van der Waals surface area contributed by atoms with Gasteiger partial charge in [0.2, 0.25) is 11.1 Å². The maximum absolute atomic E-state index is 13.4. The third-order valence-electron chi connectivity index (χ3n) is 5.56. The molecule has 1 aliphatic heterocycles. The quantitative estimate of drug-likeness (QED) is 0.545. The summed E-state index contributed by atoms with van der Waals surface area (Å²) in [6.45, 7) is 8.79. The number of rotatable bonds is 7. The maximum Gasteiger partial charge on any atom is 0.240 e. The molecule has 1 aromatic heterocycles. The van der Waals surface area contributed by atoms with E-state index >= 15 is 0 Å². The largest absolute Gasteiger partial charge is 0.494 e. The number of nitrogens with one attached hydrogen (secondary N) is 2. The summed E-state index contributed by atoms with van der Waals surface area (Å²) >= 11 is 1.44. The smallest absolute Gasteiger partial charge is 0.240 e. The summed E-state index contributed by atoms with van der Waals surface area (Å²) in [6, 6.07) is 13.6. The van der Waals surface area contributed by atoms with E-state index in [0.717, 1.165) is 41.2 Å². The van der Waals surface area contributed by atoms with E-state index in [1.165, 1.54) is 17.3 Å². The first-order valence-electron chi connectivity index (χ1n) is 11.0. The highest BCUT2D eigenvalue weighted by molar-refractivity contribution is 8.00. The fraction of sp³-hybridized carbons (Fsp3) is 0.375. The summed E-state index contributed by atoms with van der Waals surface area (Å²) in [5.74, 6) is 1.61. The number of carbonyl (C=O) groups excluding carboxylic acids is 1. The van der Waals surface area contributed by atoms with E-state index in [1.807, 2.05) is 61.0 Å². The number of hydrogen-bond acceptors (Lipinski definition) is 6. The van der Waals surface area contributed by atoms with Gasteiger partial charge in [-0.2, -0.15) is 0 Å². The first-order valence-corrected chi connectivity index (χ1v) is 11.9. The Kier molecular flexibility index (Phi) is 6.69. The van der Waals surface area contributed by atoms with Crippen LogP contribution in [0.3, 0.4) is 0 Å². The normalized spacial score (nSPS) is 17.4. The lowest BCUT2D eigenvalue weighted by molar-refractivity contribution is -0.116. The molecule has 0 unspecified atom stereocenters. The minimum Gasteiger partial charge on any atom is -0.494 e. The molecule has 0 saturated carbocycles. The van der Waals surface area contributed by atoms with Gasteiger partial charge in [0, 0.05) is 12.1 Å². The Balaban J connectivity index is 1.64. The first kappa shape index (κ1) is 22.2. The van der Waals surface area contributed by atoms with E-state index in [0.29, 0.717) is 11.8 Å². The Bertz CT molecular complexity index is 1100. The Hall–Kier alpha value is -3.00. The van der Waals surface area contributed by atoms with E-state index in [-0.39, 0.29) is 11.9 Å². The lowest BCUT2D eigenvalue weighted by atomic mass is 10.0.